The van der Waals surface area contributed by atoms with Crippen LogP contribution in [0.15, 0.2) is 127 Å². The van der Waals surface area contributed by atoms with Gasteiger partial charge < -0.3 is 19.5 Å². The predicted molar refractivity (Wildman–Crippen MR) is 215 cm³/mol. The number of fused-ring (bicyclic) bond motifs is 2. The summed E-state index contributed by atoms with van der Waals surface area (Å²) in [5.41, 5.74) is 3.67. The fourth-order valence-corrected chi connectivity index (χ4v) is 12.7. The number of benzene rings is 5. The van der Waals surface area contributed by atoms with Gasteiger partial charge in [0, 0.05) is 40.8 Å². The summed E-state index contributed by atoms with van der Waals surface area (Å²) >= 11 is 0. The Hall–Kier alpha value is -5.55. The number of carbonyl (C=O) groups is 3. The maximum absolute atomic E-state index is 15.3. The van der Waals surface area contributed by atoms with Crippen molar-refractivity contribution in [2.45, 2.75) is 50.2 Å². The maximum atomic E-state index is 15.3. The van der Waals surface area contributed by atoms with Gasteiger partial charge in [-0.1, -0.05) is 85.9 Å². The van der Waals surface area contributed by atoms with Crippen LogP contribution in [0.2, 0.25) is 18.6 Å². The molecule has 276 valence electrons. The number of carbonyl (C=O) groups excluding carboxylic acids is 3. The largest absolute Gasteiger partial charge is 0.497 e. The first-order valence-electron chi connectivity index (χ1n) is 18.3. The molecule has 0 aliphatic carbocycles. The molecule has 3 amide bonds. The standard InChI is InChI=1S/C44H45N3O6Si/c1-31-42(54(3,4)38-22-20-37(52-2)21-23-38)41(25-26-48)53-44(31)39-27-36(47(30-50)34-13-9-6-10-14-34)19-24-40(39)45(43(44)51)28-32-15-17-35(18-16-32)46(29-49)33-11-7-5-8-12-33/h5-24,27,29-31,41-42,48H,25-26,28H2,1-4H3/t31-,41+,42-,44+/m1/s1. The Labute approximate surface area is 317 Å². The van der Waals surface area contributed by atoms with Crippen LogP contribution in [0.4, 0.5) is 28.4 Å². The summed E-state index contributed by atoms with van der Waals surface area (Å²) in [7, 11) is -0.742. The van der Waals surface area contributed by atoms with E-state index in [9.17, 15) is 14.7 Å². The molecule has 0 aromatic heterocycles. The highest BCUT2D eigenvalue weighted by molar-refractivity contribution is 6.91. The number of ether oxygens (including phenoxy) is 2. The summed E-state index contributed by atoms with van der Waals surface area (Å²) < 4.78 is 12.6. The van der Waals surface area contributed by atoms with Gasteiger partial charge in [0.15, 0.2) is 5.60 Å². The molecule has 7 rings (SSSR count). The molecular weight excluding hydrogens is 695 g/mol. The molecule has 0 saturated carbocycles. The summed E-state index contributed by atoms with van der Waals surface area (Å²) in [5, 5.41) is 11.6. The number of hydrogen-bond acceptors (Lipinski definition) is 6. The Kier molecular flexibility index (Phi) is 10.3. The zero-order valence-electron chi connectivity index (χ0n) is 31.0. The van der Waals surface area contributed by atoms with Crippen molar-refractivity contribution >= 4 is 60.4 Å². The Morgan fingerprint density at radius 2 is 1.35 bits per heavy atom. The van der Waals surface area contributed by atoms with Gasteiger partial charge in [-0.25, -0.2) is 0 Å². The van der Waals surface area contributed by atoms with Crippen molar-refractivity contribution in [3.8, 4) is 5.75 Å². The number of methoxy groups -OCH3 is 1. The van der Waals surface area contributed by atoms with E-state index < -0.39 is 19.8 Å². The lowest BCUT2D eigenvalue weighted by Crippen LogP contribution is -2.51. The van der Waals surface area contributed by atoms with Crippen LogP contribution in [-0.2, 0) is 31.3 Å². The van der Waals surface area contributed by atoms with Crippen molar-refractivity contribution in [2.75, 3.05) is 28.4 Å². The molecule has 2 aliphatic rings. The normalized spacial score (nSPS) is 20.5. The second kappa shape index (κ2) is 15.1. The van der Waals surface area contributed by atoms with Gasteiger partial charge in [-0.05, 0) is 84.3 Å². The van der Waals surface area contributed by atoms with Crippen LogP contribution < -0.4 is 24.6 Å². The van der Waals surface area contributed by atoms with Crippen LogP contribution in [0.25, 0.3) is 0 Å². The fourth-order valence-electron chi connectivity index (χ4n) is 8.67. The van der Waals surface area contributed by atoms with Crippen LogP contribution in [0, 0.1) is 5.92 Å². The third kappa shape index (κ3) is 6.30. The molecule has 54 heavy (non-hydrogen) atoms. The van der Waals surface area contributed by atoms with Crippen molar-refractivity contribution in [2.24, 2.45) is 5.92 Å². The van der Waals surface area contributed by atoms with Gasteiger partial charge in [0.05, 0.1) is 33.5 Å². The van der Waals surface area contributed by atoms with E-state index in [2.05, 4.69) is 32.2 Å². The number of aliphatic hydroxyl groups excluding tert-OH is 1. The lowest BCUT2D eigenvalue weighted by atomic mass is 9.82. The molecule has 0 bridgehead atoms. The third-order valence-electron chi connectivity index (χ3n) is 11.3. The Morgan fingerprint density at radius 1 is 0.796 bits per heavy atom. The second-order valence-corrected chi connectivity index (χ2v) is 19.2. The molecule has 5 aromatic carbocycles. The summed E-state index contributed by atoms with van der Waals surface area (Å²) in [6, 6.07) is 40.3. The topological polar surface area (TPSA) is 99.6 Å². The first-order chi connectivity index (χ1) is 26.2. The quantitative estimate of drug-likeness (QED) is 0.0997. The number of hydrogen-bond donors (Lipinski definition) is 1. The zero-order valence-corrected chi connectivity index (χ0v) is 32.0. The molecule has 1 saturated heterocycles. The molecular formula is C44H45N3O6Si. The Balaban J connectivity index is 1.31. The molecule has 10 heteroatoms. The van der Waals surface area contributed by atoms with E-state index in [4.69, 9.17) is 9.47 Å². The highest BCUT2D eigenvalue weighted by atomic mass is 28.3. The van der Waals surface area contributed by atoms with E-state index in [1.54, 1.807) is 21.8 Å². The first-order valence-corrected chi connectivity index (χ1v) is 21.3. The number of nitrogens with zero attached hydrogens (tertiary/aromatic N) is 3. The molecule has 1 fully saturated rings. The number of aliphatic hydroxyl groups is 1. The van der Waals surface area contributed by atoms with Gasteiger partial charge in [0.2, 0.25) is 12.8 Å². The minimum absolute atomic E-state index is 0.0404. The lowest BCUT2D eigenvalue weighted by molar-refractivity contribution is -0.146. The molecule has 4 atom stereocenters. The monoisotopic (exact) mass is 739 g/mol. The van der Waals surface area contributed by atoms with E-state index in [1.807, 2.05) is 115 Å². The number of anilines is 5. The van der Waals surface area contributed by atoms with Gasteiger partial charge >= 0.3 is 0 Å². The summed E-state index contributed by atoms with van der Waals surface area (Å²) in [5.74, 6) is 0.323. The maximum Gasteiger partial charge on any atom is 0.264 e. The minimum atomic E-state index is -2.39. The number of para-hydroxylation sites is 2. The second-order valence-electron chi connectivity index (χ2n) is 14.6. The molecule has 9 nitrogen and oxygen atoms in total. The van der Waals surface area contributed by atoms with Crippen molar-refractivity contribution in [1.29, 1.82) is 0 Å². The van der Waals surface area contributed by atoms with Crippen LogP contribution in [0.5, 0.6) is 5.75 Å². The fraction of sp³-hybridized carbons (Fsp3) is 0.250. The third-order valence-corrected chi connectivity index (χ3v) is 15.7. The molecule has 0 unspecified atom stereocenters. The highest BCUT2D eigenvalue weighted by Crippen LogP contribution is 2.60. The molecule has 0 radical (unpaired) electrons. The lowest BCUT2D eigenvalue weighted by Gasteiger charge is -2.37. The molecule has 2 aliphatic heterocycles. The van der Waals surface area contributed by atoms with Gasteiger partial charge in [-0.15, -0.1) is 0 Å². The van der Waals surface area contributed by atoms with E-state index in [0.717, 1.165) is 29.8 Å². The van der Waals surface area contributed by atoms with Gasteiger partial charge in [0.1, 0.15) is 5.75 Å². The predicted octanol–water partition coefficient (Wildman–Crippen LogP) is 7.43. The highest BCUT2D eigenvalue weighted by Gasteiger charge is 2.66. The van der Waals surface area contributed by atoms with Crippen LogP contribution in [0.1, 0.15) is 24.5 Å². The van der Waals surface area contributed by atoms with Gasteiger partial charge in [-0.3, -0.25) is 24.2 Å². The van der Waals surface area contributed by atoms with E-state index in [-0.39, 0.29) is 30.5 Å². The summed E-state index contributed by atoms with van der Waals surface area (Å²) in [4.78, 5) is 44.9. The Morgan fingerprint density at radius 3 is 1.91 bits per heavy atom. The van der Waals surface area contributed by atoms with Crippen molar-refractivity contribution < 1.29 is 29.0 Å². The van der Waals surface area contributed by atoms with Crippen LogP contribution >= 0.6 is 0 Å². The van der Waals surface area contributed by atoms with E-state index in [1.165, 1.54) is 5.19 Å². The number of amides is 3. The molecule has 1 N–H and O–H groups in total. The van der Waals surface area contributed by atoms with Gasteiger partial charge in [-0.2, -0.15) is 0 Å². The van der Waals surface area contributed by atoms with Crippen molar-refractivity contribution in [1.82, 2.24) is 0 Å². The smallest absolute Gasteiger partial charge is 0.264 e. The number of rotatable bonds is 13. The van der Waals surface area contributed by atoms with Crippen molar-refractivity contribution in [3.63, 3.8) is 0 Å². The zero-order chi connectivity index (χ0) is 38.0. The first kappa shape index (κ1) is 36.8. The SMILES string of the molecule is COc1ccc([Si](C)(C)[C@H]2[C@H](CCO)O[C@@]3(C(=O)N(Cc4ccc(N(C=O)c5ccccc5)cc4)c4ccc(N(C=O)c5ccccc5)cc43)[C@@H]2C)cc1. The van der Waals surface area contributed by atoms with E-state index >= 15 is 4.79 Å². The van der Waals surface area contributed by atoms with Crippen LogP contribution in [-0.4, -0.2) is 51.7 Å². The summed E-state index contributed by atoms with van der Waals surface area (Å²) in [6.45, 7) is 6.91. The summed E-state index contributed by atoms with van der Waals surface area (Å²) in [6.07, 6.45) is 1.57. The minimum Gasteiger partial charge on any atom is -0.497 e. The molecule has 2 heterocycles. The molecule has 1 spiro atoms. The average molecular weight is 740 g/mol. The Bertz CT molecular complexity index is 2110. The van der Waals surface area contributed by atoms with E-state index in [0.29, 0.717) is 34.7 Å². The van der Waals surface area contributed by atoms with Crippen molar-refractivity contribution in [3.05, 3.63) is 139 Å². The average Bonchev–Trinajstić information content (AvgIpc) is 3.63. The van der Waals surface area contributed by atoms with Gasteiger partial charge in [0.25, 0.3) is 5.91 Å². The van der Waals surface area contributed by atoms with Crippen LogP contribution in [0.3, 0.4) is 0 Å². The molecule has 5 aromatic rings.